The van der Waals surface area contributed by atoms with E-state index in [0.717, 1.165) is 16.9 Å². The molecule has 2 N–H and O–H groups in total. The molecular weight excluding hydrogens is 501 g/mol. The van der Waals surface area contributed by atoms with Crippen LogP contribution in [0.5, 0.6) is 11.5 Å². The van der Waals surface area contributed by atoms with Gasteiger partial charge in [0.05, 0.1) is 17.8 Å². The van der Waals surface area contributed by atoms with Crippen molar-refractivity contribution >= 4 is 41.2 Å². The van der Waals surface area contributed by atoms with Gasteiger partial charge in [-0.2, -0.15) is 5.10 Å². The highest BCUT2D eigenvalue weighted by Gasteiger charge is 2.25. The van der Waals surface area contributed by atoms with Crippen molar-refractivity contribution in [3.63, 3.8) is 0 Å². The van der Waals surface area contributed by atoms with Crippen molar-refractivity contribution in [3.8, 4) is 11.5 Å². The van der Waals surface area contributed by atoms with Gasteiger partial charge in [-0.25, -0.2) is 5.43 Å². The number of hydrazone groups is 1. The van der Waals surface area contributed by atoms with Crippen LogP contribution in [-0.2, 0) is 16.0 Å². The number of carbonyl (C=O) groups excluding carboxylic acids is 2. The van der Waals surface area contributed by atoms with Gasteiger partial charge in [0.15, 0.2) is 6.10 Å². The highest BCUT2D eigenvalue weighted by Crippen LogP contribution is 2.28. The smallest absolute Gasteiger partial charge is 0.262 e. The fourth-order valence-corrected chi connectivity index (χ4v) is 3.68. The van der Waals surface area contributed by atoms with E-state index in [2.05, 4.69) is 15.8 Å². The Labute approximate surface area is 220 Å². The van der Waals surface area contributed by atoms with Gasteiger partial charge in [0, 0.05) is 11.4 Å². The predicted octanol–water partition coefficient (Wildman–Crippen LogP) is 5.04. The molecular formula is C27H27Cl2N3O4. The molecule has 2 atom stereocenters. The number of amides is 2. The molecule has 3 aromatic rings. The van der Waals surface area contributed by atoms with Crippen molar-refractivity contribution in [2.24, 2.45) is 5.10 Å². The second kappa shape index (κ2) is 13.5. The molecule has 0 bridgehead atoms. The normalized spacial score (nSPS) is 12.6. The van der Waals surface area contributed by atoms with Crippen LogP contribution >= 0.6 is 23.2 Å². The molecule has 0 aliphatic rings. The summed E-state index contributed by atoms with van der Waals surface area (Å²) >= 11 is 12.1. The average Bonchev–Trinajstić information content (AvgIpc) is 2.87. The standard InChI is InChI=1S/C27H27Cl2N3O4/c1-3-35-22-12-9-20(10-13-22)17-30-32-27(34)24(15-19-7-5-4-6-8-19)31-26(33)18(2)36-25-14-11-21(28)16-23(25)29/h4-14,16-18,24H,3,15H2,1-2H3,(H,31,33)(H,32,34)/b30-17-/t18-,24-/m0/s1. The average molecular weight is 528 g/mol. The first-order valence-electron chi connectivity index (χ1n) is 11.4. The Hall–Kier alpha value is -3.55. The van der Waals surface area contributed by atoms with E-state index >= 15 is 0 Å². The third kappa shape index (κ3) is 8.29. The number of halogens is 2. The van der Waals surface area contributed by atoms with Crippen LogP contribution in [0.3, 0.4) is 0 Å². The molecule has 188 valence electrons. The Bertz CT molecular complexity index is 1190. The van der Waals surface area contributed by atoms with E-state index in [0.29, 0.717) is 17.4 Å². The topological polar surface area (TPSA) is 89.0 Å². The summed E-state index contributed by atoms with van der Waals surface area (Å²) in [4.78, 5) is 25.8. The molecule has 0 saturated heterocycles. The molecule has 7 nitrogen and oxygen atoms in total. The molecule has 0 fully saturated rings. The van der Waals surface area contributed by atoms with E-state index in [1.807, 2.05) is 61.5 Å². The predicted molar refractivity (Wildman–Crippen MR) is 142 cm³/mol. The lowest BCUT2D eigenvalue weighted by Gasteiger charge is -2.21. The van der Waals surface area contributed by atoms with E-state index in [9.17, 15) is 9.59 Å². The second-order valence-electron chi connectivity index (χ2n) is 7.82. The fraction of sp³-hybridized carbons (Fsp3) is 0.222. The van der Waals surface area contributed by atoms with Crippen molar-refractivity contribution in [1.29, 1.82) is 0 Å². The number of carbonyl (C=O) groups is 2. The molecule has 9 heteroatoms. The van der Waals surface area contributed by atoms with Crippen LogP contribution in [0.1, 0.15) is 25.0 Å². The zero-order valence-electron chi connectivity index (χ0n) is 19.9. The molecule has 0 unspecified atom stereocenters. The molecule has 0 aromatic heterocycles. The molecule has 2 amide bonds. The quantitative estimate of drug-likeness (QED) is 0.270. The summed E-state index contributed by atoms with van der Waals surface area (Å²) < 4.78 is 11.1. The maximum Gasteiger partial charge on any atom is 0.262 e. The van der Waals surface area contributed by atoms with Gasteiger partial charge in [-0.1, -0.05) is 53.5 Å². The summed E-state index contributed by atoms with van der Waals surface area (Å²) in [7, 11) is 0. The molecule has 0 radical (unpaired) electrons. The molecule has 3 rings (SSSR count). The van der Waals surface area contributed by atoms with E-state index < -0.39 is 24.0 Å². The maximum absolute atomic E-state index is 12.9. The first-order valence-corrected chi connectivity index (χ1v) is 12.1. The van der Waals surface area contributed by atoms with Crippen molar-refractivity contribution in [3.05, 3.63) is 94.0 Å². The van der Waals surface area contributed by atoms with Gasteiger partial charge in [0.1, 0.15) is 17.5 Å². The van der Waals surface area contributed by atoms with Gasteiger partial charge in [-0.05, 0) is 67.4 Å². The van der Waals surface area contributed by atoms with Crippen LogP contribution in [0.15, 0.2) is 77.9 Å². The van der Waals surface area contributed by atoms with Gasteiger partial charge in [-0.3, -0.25) is 9.59 Å². The van der Waals surface area contributed by atoms with Gasteiger partial charge in [0.2, 0.25) is 0 Å². The molecule has 0 spiro atoms. The third-order valence-corrected chi connectivity index (χ3v) is 5.59. The zero-order chi connectivity index (χ0) is 25.9. The van der Waals surface area contributed by atoms with Gasteiger partial charge >= 0.3 is 0 Å². The summed E-state index contributed by atoms with van der Waals surface area (Å²) in [5, 5.41) is 7.53. The Kier molecular flexibility index (Phi) is 10.2. The van der Waals surface area contributed by atoms with Crippen molar-refractivity contribution < 1.29 is 19.1 Å². The summed E-state index contributed by atoms with van der Waals surface area (Å²) in [6.07, 6.45) is 0.872. The number of nitrogens with zero attached hydrogens (tertiary/aromatic N) is 1. The SMILES string of the molecule is CCOc1ccc(/C=N\NC(=O)[C@H](Cc2ccccc2)NC(=O)[C@H](C)Oc2ccc(Cl)cc2Cl)cc1. The number of hydrogen-bond acceptors (Lipinski definition) is 5. The number of nitrogens with one attached hydrogen (secondary N) is 2. The summed E-state index contributed by atoms with van der Waals surface area (Å²) in [5.74, 6) is 0.118. The number of hydrogen-bond donors (Lipinski definition) is 2. The number of rotatable bonds is 11. The Morgan fingerprint density at radius 1 is 1.00 bits per heavy atom. The van der Waals surface area contributed by atoms with Gasteiger partial charge < -0.3 is 14.8 Å². The monoisotopic (exact) mass is 527 g/mol. The molecule has 36 heavy (non-hydrogen) atoms. The van der Waals surface area contributed by atoms with Crippen LogP contribution in [0, 0.1) is 0 Å². The van der Waals surface area contributed by atoms with Crippen molar-refractivity contribution in [1.82, 2.24) is 10.7 Å². The molecule has 0 heterocycles. The first-order chi connectivity index (χ1) is 17.4. The number of ether oxygens (including phenoxy) is 2. The minimum Gasteiger partial charge on any atom is -0.494 e. The molecule has 0 aliphatic carbocycles. The van der Waals surface area contributed by atoms with Crippen molar-refractivity contribution in [2.45, 2.75) is 32.4 Å². The van der Waals surface area contributed by atoms with E-state index in [4.69, 9.17) is 32.7 Å². The Balaban J connectivity index is 1.66. The lowest BCUT2D eigenvalue weighted by atomic mass is 10.1. The number of benzene rings is 3. The van der Waals surface area contributed by atoms with E-state index in [1.54, 1.807) is 19.1 Å². The first kappa shape index (κ1) is 27.0. The fourth-order valence-electron chi connectivity index (χ4n) is 3.23. The van der Waals surface area contributed by atoms with Crippen LogP contribution in [0.2, 0.25) is 10.0 Å². The summed E-state index contributed by atoms with van der Waals surface area (Å²) in [5.41, 5.74) is 4.17. The van der Waals surface area contributed by atoms with Crippen LogP contribution in [-0.4, -0.2) is 36.8 Å². The lowest BCUT2D eigenvalue weighted by Crippen LogP contribution is -2.50. The highest BCUT2D eigenvalue weighted by atomic mass is 35.5. The Morgan fingerprint density at radius 3 is 2.39 bits per heavy atom. The van der Waals surface area contributed by atoms with Gasteiger partial charge in [-0.15, -0.1) is 0 Å². The Morgan fingerprint density at radius 2 is 1.72 bits per heavy atom. The zero-order valence-corrected chi connectivity index (χ0v) is 21.4. The molecule has 3 aromatic carbocycles. The minimum absolute atomic E-state index is 0.269. The van der Waals surface area contributed by atoms with Crippen molar-refractivity contribution in [2.75, 3.05) is 6.61 Å². The maximum atomic E-state index is 12.9. The molecule has 0 aliphatic heterocycles. The summed E-state index contributed by atoms with van der Waals surface area (Å²) in [6, 6.07) is 20.5. The van der Waals surface area contributed by atoms with E-state index in [1.165, 1.54) is 12.3 Å². The van der Waals surface area contributed by atoms with Gasteiger partial charge in [0.25, 0.3) is 11.8 Å². The lowest BCUT2D eigenvalue weighted by molar-refractivity contribution is -0.132. The summed E-state index contributed by atoms with van der Waals surface area (Å²) in [6.45, 7) is 4.06. The van der Waals surface area contributed by atoms with Crippen LogP contribution in [0.25, 0.3) is 0 Å². The largest absolute Gasteiger partial charge is 0.494 e. The molecule has 0 saturated carbocycles. The second-order valence-corrected chi connectivity index (χ2v) is 8.67. The van der Waals surface area contributed by atoms with Crippen LogP contribution < -0.4 is 20.2 Å². The third-order valence-electron chi connectivity index (χ3n) is 5.06. The minimum atomic E-state index is -0.915. The van der Waals surface area contributed by atoms with Crippen LogP contribution in [0.4, 0.5) is 0 Å². The highest BCUT2D eigenvalue weighted by molar-refractivity contribution is 6.35. The van der Waals surface area contributed by atoms with E-state index in [-0.39, 0.29) is 11.4 Å².